The summed E-state index contributed by atoms with van der Waals surface area (Å²) < 4.78 is 42.4. The fourth-order valence-electron chi connectivity index (χ4n) is 6.43. The molecule has 1 heterocycles. The van der Waals surface area contributed by atoms with Gasteiger partial charge in [-0.15, -0.1) is 0 Å². The lowest BCUT2D eigenvalue weighted by Crippen LogP contribution is -2.59. The Balaban J connectivity index is 1.71. The number of rotatable bonds is 10. The van der Waals surface area contributed by atoms with E-state index < -0.39 is 45.7 Å². The van der Waals surface area contributed by atoms with Crippen molar-refractivity contribution >= 4 is 50.8 Å². The number of anilines is 1. The number of piperidine rings is 1. The van der Waals surface area contributed by atoms with Crippen LogP contribution in [-0.2, 0) is 19.6 Å². The molecule has 0 spiro atoms. The van der Waals surface area contributed by atoms with E-state index >= 15 is 4.39 Å². The smallest absolute Gasteiger partial charge is 0.304 e. The lowest BCUT2D eigenvalue weighted by molar-refractivity contribution is -0.160. The van der Waals surface area contributed by atoms with E-state index in [0.717, 1.165) is 34.5 Å². The molecule has 5 rings (SSSR count). The van der Waals surface area contributed by atoms with E-state index in [1.165, 1.54) is 18.2 Å². The second kappa shape index (κ2) is 12.1. The van der Waals surface area contributed by atoms with Crippen LogP contribution in [0.3, 0.4) is 0 Å². The van der Waals surface area contributed by atoms with E-state index in [1.54, 1.807) is 36.1 Å². The van der Waals surface area contributed by atoms with Gasteiger partial charge in [-0.2, -0.15) is 0 Å². The summed E-state index contributed by atoms with van der Waals surface area (Å²) in [4.78, 5) is 28.5. The Labute approximate surface area is 261 Å². The number of halogens is 3. The van der Waals surface area contributed by atoms with E-state index in [2.05, 4.69) is 0 Å². The topological polar surface area (TPSA) is 95.0 Å². The maximum atomic E-state index is 15.0. The minimum Gasteiger partial charge on any atom is -0.481 e. The molecule has 228 valence electrons. The zero-order valence-corrected chi connectivity index (χ0v) is 26.1. The number of carbonyl (C=O) groups is 2. The van der Waals surface area contributed by atoms with E-state index in [0.29, 0.717) is 10.0 Å². The molecule has 2 aliphatic rings. The summed E-state index contributed by atoms with van der Waals surface area (Å²) in [7, 11) is -3.98. The first kappa shape index (κ1) is 31.3. The summed E-state index contributed by atoms with van der Waals surface area (Å²) in [5.41, 5.74) is 0.179. The zero-order chi connectivity index (χ0) is 31.1. The van der Waals surface area contributed by atoms with Gasteiger partial charge in [0.1, 0.15) is 5.82 Å². The number of amides is 1. The van der Waals surface area contributed by atoms with Crippen molar-refractivity contribution in [2.75, 3.05) is 17.1 Å². The molecule has 1 unspecified atom stereocenters. The molecule has 1 saturated carbocycles. The van der Waals surface area contributed by atoms with Gasteiger partial charge in [-0.3, -0.25) is 13.9 Å². The maximum absolute atomic E-state index is 15.0. The van der Waals surface area contributed by atoms with Gasteiger partial charge in [-0.1, -0.05) is 66.5 Å². The van der Waals surface area contributed by atoms with Crippen LogP contribution in [0.1, 0.15) is 55.7 Å². The molecule has 0 bridgehead atoms. The molecule has 1 amide bonds. The first-order chi connectivity index (χ1) is 20.3. The molecule has 3 aromatic rings. The van der Waals surface area contributed by atoms with Crippen LogP contribution in [0.4, 0.5) is 10.1 Å². The van der Waals surface area contributed by atoms with Crippen molar-refractivity contribution < 1.29 is 27.5 Å². The Morgan fingerprint density at radius 1 is 1.05 bits per heavy atom. The number of carbonyl (C=O) groups excluding carboxylic acids is 1. The first-order valence-corrected chi connectivity index (χ1v) is 16.7. The van der Waals surface area contributed by atoms with Crippen LogP contribution in [-0.4, -0.2) is 49.1 Å². The highest BCUT2D eigenvalue weighted by molar-refractivity contribution is 7.92. The standard InChI is InChI=1S/C32H33Cl2FN2O5S/c1-32(18-29(38)39)17-25(22-6-5-7-24(34)16-22)30(21-12-14-23(33)15-13-21)37(31(32)40)28(20-10-11-20)19-36(43(2,41)42)27-9-4-3-8-26(27)35/h3-9,12-16,20,25,28,30H,10-11,17-19H2,1-2H3,(H,38,39)/t25-,28-,30?,32-/m1/s1. The highest BCUT2D eigenvalue weighted by Gasteiger charge is 2.55. The number of sulfonamides is 1. The lowest BCUT2D eigenvalue weighted by Gasteiger charge is -2.52. The van der Waals surface area contributed by atoms with Crippen LogP contribution < -0.4 is 4.31 Å². The van der Waals surface area contributed by atoms with Crippen molar-refractivity contribution in [3.63, 3.8) is 0 Å². The molecule has 0 radical (unpaired) electrons. The zero-order valence-electron chi connectivity index (χ0n) is 23.8. The van der Waals surface area contributed by atoms with E-state index in [4.69, 9.17) is 23.2 Å². The van der Waals surface area contributed by atoms with Gasteiger partial charge in [0.25, 0.3) is 0 Å². The molecule has 43 heavy (non-hydrogen) atoms. The number of benzene rings is 3. The summed E-state index contributed by atoms with van der Waals surface area (Å²) in [6.45, 7) is 1.47. The number of hydrogen-bond acceptors (Lipinski definition) is 4. The molecular weight excluding hydrogens is 614 g/mol. The van der Waals surface area contributed by atoms with Gasteiger partial charge in [-0.05, 0) is 72.7 Å². The molecule has 1 aliphatic carbocycles. The molecule has 1 saturated heterocycles. The van der Waals surface area contributed by atoms with E-state index in [-0.39, 0.29) is 36.4 Å². The Morgan fingerprint density at radius 3 is 2.30 bits per heavy atom. The van der Waals surface area contributed by atoms with Crippen LogP contribution in [0.2, 0.25) is 10.0 Å². The lowest BCUT2D eigenvalue weighted by atomic mass is 9.67. The third kappa shape index (κ3) is 6.69. The summed E-state index contributed by atoms with van der Waals surface area (Å²) in [5, 5.41) is 10.9. The fourth-order valence-corrected chi connectivity index (χ4v) is 7.68. The van der Waals surface area contributed by atoms with E-state index in [9.17, 15) is 23.1 Å². The number of nitrogens with zero attached hydrogens (tertiary/aromatic N) is 2. The molecule has 7 nitrogen and oxygen atoms in total. The van der Waals surface area contributed by atoms with Crippen molar-refractivity contribution in [1.82, 2.24) is 4.90 Å². The fraction of sp³-hybridized carbons (Fsp3) is 0.375. The van der Waals surface area contributed by atoms with Crippen molar-refractivity contribution in [3.05, 3.63) is 99.8 Å². The average Bonchev–Trinajstić information content (AvgIpc) is 3.77. The van der Waals surface area contributed by atoms with Gasteiger partial charge < -0.3 is 10.0 Å². The minimum absolute atomic E-state index is 0.0676. The quantitative estimate of drug-likeness (QED) is 0.258. The third-order valence-electron chi connectivity index (χ3n) is 8.53. The number of likely N-dealkylation sites (tertiary alicyclic amines) is 1. The Kier molecular flexibility index (Phi) is 8.80. The molecule has 1 aliphatic heterocycles. The number of carboxylic acid groups (broad SMARTS) is 1. The number of hydrogen-bond donors (Lipinski definition) is 1. The van der Waals surface area contributed by atoms with Crippen molar-refractivity contribution in [3.8, 4) is 0 Å². The van der Waals surface area contributed by atoms with Crippen LogP contribution in [0.15, 0.2) is 72.8 Å². The van der Waals surface area contributed by atoms with E-state index in [1.807, 2.05) is 30.3 Å². The highest BCUT2D eigenvalue weighted by Crippen LogP contribution is 2.54. The summed E-state index contributed by atoms with van der Waals surface area (Å²) in [6, 6.07) is 18.8. The first-order valence-electron chi connectivity index (χ1n) is 14.1. The van der Waals surface area contributed by atoms with Gasteiger partial charge >= 0.3 is 5.97 Å². The predicted molar refractivity (Wildman–Crippen MR) is 165 cm³/mol. The normalized spacial score (nSPS) is 23.2. The number of carboxylic acids is 1. The monoisotopic (exact) mass is 646 g/mol. The minimum atomic E-state index is -3.98. The third-order valence-corrected chi connectivity index (χ3v) is 10.2. The van der Waals surface area contributed by atoms with Crippen LogP contribution in [0.25, 0.3) is 0 Å². The second-order valence-electron chi connectivity index (χ2n) is 11.9. The summed E-state index contributed by atoms with van der Waals surface area (Å²) >= 11 is 12.7. The second-order valence-corrected chi connectivity index (χ2v) is 14.6. The summed E-state index contributed by atoms with van der Waals surface area (Å²) in [5.74, 6) is -2.65. The van der Waals surface area contributed by atoms with Crippen LogP contribution in [0, 0.1) is 17.2 Å². The van der Waals surface area contributed by atoms with Gasteiger partial charge in [0.05, 0.1) is 42.4 Å². The number of aliphatic carboxylic acids is 1. The van der Waals surface area contributed by atoms with Crippen LogP contribution >= 0.6 is 23.2 Å². The van der Waals surface area contributed by atoms with Crippen molar-refractivity contribution in [2.45, 2.75) is 50.6 Å². The molecule has 0 aromatic heterocycles. The number of para-hydroxylation sites is 1. The highest BCUT2D eigenvalue weighted by atomic mass is 35.5. The molecule has 3 aromatic carbocycles. The van der Waals surface area contributed by atoms with Gasteiger partial charge in [0.15, 0.2) is 0 Å². The molecule has 4 atom stereocenters. The Hall–Kier alpha value is -3.14. The molecule has 2 fully saturated rings. The van der Waals surface area contributed by atoms with Crippen molar-refractivity contribution in [1.29, 1.82) is 0 Å². The largest absolute Gasteiger partial charge is 0.481 e. The Morgan fingerprint density at radius 2 is 1.72 bits per heavy atom. The van der Waals surface area contributed by atoms with Gasteiger partial charge in [0, 0.05) is 16.0 Å². The van der Waals surface area contributed by atoms with Gasteiger partial charge in [0.2, 0.25) is 15.9 Å². The SMILES string of the molecule is C[C@]1(CC(=O)O)C[C@H](c2cccc(Cl)c2)C(c2ccc(Cl)cc2)N([C@H](CN(c2ccccc2F)S(C)(=O)=O)C2CC2)C1=O. The Bertz CT molecular complexity index is 1630. The van der Waals surface area contributed by atoms with Gasteiger partial charge in [-0.25, -0.2) is 12.8 Å². The molecule has 11 heteroatoms. The predicted octanol–water partition coefficient (Wildman–Crippen LogP) is 6.92. The van der Waals surface area contributed by atoms with Crippen molar-refractivity contribution in [2.24, 2.45) is 11.3 Å². The average molecular weight is 648 g/mol. The van der Waals surface area contributed by atoms with Crippen LogP contribution in [0.5, 0.6) is 0 Å². The summed E-state index contributed by atoms with van der Waals surface area (Å²) in [6.07, 6.45) is 2.32. The maximum Gasteiger partial charge on any atom is 0.304 e. The molecular formula is C32H33Cl2FN2O5S. The molecule has 1 N–H and O–H groups in total.